The number of nitrogen functional groups attached to an aromatic ring is 1. The van der Waals surface area contributed by atoms with Crippen LogP contribution in [0.2, 0.25) is 0 Å². The minimum absolute atomic E-state index is 0.00369. The number of rotatable bonds is 7. The van der Waals surface area contributed by atoms with E-state index < -0.39 is 10.0 Å². The topological polar surface area (TPSA) is 118 Å². The van der Waals surface area contributed by atoms with Gasteiger partial charge in [0.1, 0.15) is 24.0 Å². The summed E-state index contributed by atoms with van der Waals surface area (Å²) < 4.78 is 35.8. The van der Waals surface area contributed by atoms with E-state index in [2.05, 4.69) is 16.9 Å². The van der Waals surface area contributed by atoms with Gasteiger partial charge < -0.3 is 19.9 Å². The van der Waals surface area contributed by atoms with Crippen LogP contribution in [0.4, 0.5) is 0 Å². The highest BCUT2D eigenvalue weighted by atomic mass is 32.2. The number of hydrogen-bond acceptors (Lipinski definition) is 6. The quantitative estimate of drug-likeness (QED) is 0.404. The molecule has 1 aliphatic heterocycles. The lowest BCUT2D eigenvalue weighted by Gasteiger charge is -2.34. The Balaban J connectivity index is 1.52. The second-order valence-corrected chi connectivity index (χ2v) is 10.5. The first-order chi connectivity index (χ1) is 15.7. The Labute approximate surface area is 194 Å². The first-order valence-electron chi connectivity index (χ1n) is 10.9. The second kappa shape index (κ2) is 9.12. The number of nitrogens with zero attached hydrogens (tertiary/aromatic N) is 4. The molecule has 176 valence electrons. The van der Waals surface area contributed by atoms with Gasteiger partial charge >= 0.3 is 0 Å². The summed E-state index contributed by atoms with van der Waals surface area (Å²) in [5.74, 6) is 1.32. The highest BCUT2D eigenvalue weighted by Crippen LogP contribution is 2.26. The summed E-state index contributed by atoms with van der Waals surface area (Å²) in [6.45, 7) is 2.01. The number of nitrogens with one attached hydrogen (secondary N) is 1. The van der Waals surface area contributed by atoms with Gasteiger partial charge in [-0.05, 0) is 75.4 Å². The number of benzene rings is 2. The Morgan fingerprint density at radius 1 is 1.18 bits per heavy atom. The van der Waals surface area contributed by atoms with Crippen LogP contribution in [0.3, 0.4) is 0 Å². The van der Waals surface area contributed by atoms with E-state index >= 15 is 0 Å². The monoisotopic (exact) mass is 470 g/mol. The fourth-order valence-corrected chi connectivity index (χ4v) is 5.56. The number of nitrogens with two attached hydrogens (primary N) is 1. The number of fused-ring (bicyclic) bond motifs is 1. The van der Waals surface area contributed by atoms with Crippen molar-refractivity contribution in [2.45, 2.75) is 30.4 Å². The summed E-state index contributed by atoms with van der Waals surface area (Å²) in [5, 5.41) is 7.46. The smallest absolute Gasteiger partial charge is 0.243 e. The molecule has 2 aromatic carbocycles. The molecule has 2 heterocycles. The van der Waals surface area contributed by atoms with E-state index in [0.717, 1.165) is 31.4 Å². The molecule has 0 spiro atoms. The van der Waals surface area contributed by atoms with E-state index in [1.807, 2.05) is 11.6 Å². The second-order valence-electron chi connectivity index (χ2n) is 8.52. The van der Waals surface area contributed by atoms with Gasteiger partial charge in [-0.15, -0.1) is 0 Å². The summed E-state index contributed by atoms with van der Waals surface area (Å²) in [4.78, 5) is 7.10. The lowest BCUT2D eigenvalue weighted by atomic mass is 10.1. The predicted octanol–water partition coefficient (Wildman–Crippen LogP) is 2.15. The standard InChI is InChI=1S/C23H30N6O3S/c1-27-12-10-17(11-13-27)29(3)33(30,31)19-8-9-21-20(14-19)26-22(28(21)2)15-32-18-6-4-16(5-7-18)23(24)25/h4-9,14,17H,10-13,15H2,1-3H3,(H3,24,25). The Bertz CT molecular complexity index is 1260. The molecule has 0 aliphatic carbocycles. The Kier molecular flexibility index (Phi) is 6.42. The van der Waals surface area contributed by atoms with Crippen LogP contribution < -0.4 is 10.5 Å². The van der Waals surface area contributed by atoms with Crippen molar-refractivity contribution in [1.29, 1.82) is 5.41 Å². The van der Waals surface area contributed by atoms with Gasteiger partial charge in [0.25, 0.3) is 0 Å². The van der Waals surface area contributed by atoms with Crippen molar-refractivity contribution >= 4 is 26.9 Å². The molecule has 0 radical (unpaired) electrons. The molecular formula is C23H30N6O3S. The molecule has 0 saturated carbocycles. The van der Waals surface area contributed by atoms with Crippen molar-refractivity contribution in [2.75, 3.05) is 27.2 Å². The molecular weight excluding hydrogens is 440 g/mol. The Morgan fingerprint density at radius 2 is 1.85 bits per heavy atom. The zero-order valence-electron chi connectivity index (χ0n) is 19.2. The largest absolute Gasteiger partial charge is 0.486 e. The Hall–Kier alpha value is -2.95. The number of ether oxygens (including phenoxy) is 1. The number of imidazole rings is 1. The summed E-state index contributed by atoms with van der Waals surface area (Å²) in [7, 11) is 2.00. The van der Waals surface area contributed by atoms with Crippen molar-refractivity contribution in [1.82, 2.24) is 18.8 Å². The molecule has 0 atom stereocenters. The summed E-state index contributed by atoms with van der Waals surface area (Å²) in [5.41, 5.74) is 7.56. The van der Waals surface area contributed by atoms with E-state index in [9.17, 15) is 8.42 Å². The van der Waals surface area contributed by atoms with Crippen molar-refractivity contribution in [3.05, 3.63) is 53.9 Å². The highest BCUT2D eigenvalue weighted by molar-refractivity contribution is 7.89. The van der Waals surface area contributed by atoms with Gasteiger partial charge in [0.2, 0.25) is 10.0 Å². The van der Waals surface area contributed by atoms with Crippen LogP contribution in [0.15, 0.2) is 47.4 Å². The third kappa shape index (κ3) is 4.73. The van der Waals surface area contributed by atoms with Gasteiger partial charge in [0.15, 0.2) is 0 Å². The predicted molar refractivity (Wildman–Crippen MR) is 128 cm³/mol. The molecule has 3 aromatic rings. The number of amidine groups is 1. The molecule has 1 aliphatic rings. The van der Waals surface area contributed by atoms with Gasteiger partial charge in [-0.3, -0.25) is 5.41 Å². The van der Waals surface area contributed by atoms with Crippen LogP contribution in [0, 0.1) is 5.41 Å². The van der Waals surface area contributed by atoms with E-state index in [1.54, 1.807) is 49.5 Å². The van der Waals surface area contributed by atoms with Gasteiger partial charge in [-0.25, -0.2) is 13.4 Å². The van der Waals surface area contributed by atoms with E-state index in [-0.39, 0.29) is 23.4 Å². The fraction of sp³-hybridized carbons (Fsp3) is 0.391. The molecule has 0 bridgehead atoms. The summed E-state index contributed by atoms with van der Waals surface area (Å²) in [6, 6.07) is 12.0. The maximum absolute atomic E-state index is 13.3. The zero-order valence-corrected chi connectivity index (χ0v) is 20.0. The lowest BCUT2D eigenvalue weighted by molar-refractivity contribution is 0.197. The molecule has 1 fully saturated rings. The lowest BCUT2D eigenvalue weighted by Crippen LogP contribution is -2.44. The molecule has 0 unspecified atom stereocenters. The van der Waals surface area contributed by atoms with Crippen molar-refractivity contribution in [3.63, 3.8) is 0 Å². The number of aromatic nitrogens is 2. The number of hydrogen-bond donors (Lipinski definition) is 2. The normalized spacial score (nSPS) is 15.9. The number of aryl methyl sites for hydroxylation is 1. The third-order valence-electron chi connectivity index (χ3n) is 6.36. The van der Waals surface area contributed by atoms with Crippen molar-refractivity contribution in [3.8, 4) is 5.75 Å². The average Bonchev–Trinajstić information content (AvgIpc) is 3.12. The van der Waals surface area contributed by atoms with E-state index in [1.165, 1.54) is 4.31 Å². The van der Waals surface area contributed by atoms with Crippen LogP contribution in [-0.4, -0.2) is 66.2 Å². The van der Waals surface area contributed by atoms with Gasteiger partial charge in [-0.1, -0.05) is 0 Å². The van der Waals surface area contributed by atoms with Crippen LogP contribution in [0.25, 0.3) is 11.0 Å². The molecule has 3 N–H and O–H groups in total. The zero-order chi connectivity index (χ0) is 23.8. The summed E-state index contributed by atoms with van der Waals surface area (Å²) >= 11 is 0. The van der Waals surface area contributed by atoms with Gasteiger partial charge in [0, 0.05) is 25.7 Å². The number of piperidine rings is 1. The molecule has 0 amide bonds. The molecule has 9 nitrogen and oxygen atoms in total. The summed E-state index contributed by atoms with van der Waals surface area (Å²) in [6.07, 6.45) is 1.65. The SMILES string of the molecule is CN1CCC(N(C)S(=O)(=O)c2ccc3c(c2)nc(COc2ccc(C(=N)N)cc2)n3C)CC1. The molecule has 1 saturated heterocycles. The van der Waals surface area contributed by atoms with Crippen molar-refractivity contribution < 1.29 is 13.2 Å². The number of sulfonamides is 1. The minimum atomic E-state index is -3.61. The molecule has 33 heavy (non-hydrogen) atoms. The number of likely N-dealkylation sites (tertiary alicyclic amines) is 1. The molecule has 4 rings (SSSR count). The maximum Gasteiger partial charge on any atom is 0.243 e. The van der Waals surface area contributed by atoms with Crippen LogP contribution in [-0.2, 0) is 23.7 Å². The van der Waals surface area contributed by atoms with Crippen LogP contribution in [0.1, 0.15) is 24.2 Å². The fourth-order valence-electron chi connectivity index (χ4n) is 4.12. The van der Waals surface area contributed by atoms with E-state index in [4.69, 9.17) is 15.9 Å². The minimum Gasteiger partial charge on any atom is -0.486 e. The van der Waals surface area contributed by atoms with Crippen molar-refractivity contribution in [2.24, 2.45) is 12.8 Å². The Morgan fingerprint density at radius 3 is 2.48 bits per heavy atom. The first kappa shape index (κ1) is 23.2. The third-order valence-corrected chi connectivity index (χ3v) is 8.26. The molecule has 10 heteroatoms. The van der Waals surface area contributed by atoms with Gasteiger partial charge in [-0.2, -0.15) is 4.31 Å². The van der Waals surface area contributed by atoms with Crippen LogP contribution in [0.5, 0.6) is 5.75 Å². The first-order valence-corrected chi connectivity index (χ1v) is 12.3. The maximum atomic E-state index is 13.3. The average molecular weight is 471 g/mol. The molecule has 1 aromatic heterocycles. The van der Waals surface area contributed by atoms with Gasteiger partial charge in [0.05, 0.1) is 15.9 Å². The van der Waals surface area contributed by atoms with Crippen LogP contribution >= 0.6 is 0 Å². The highest BCUT2D eigenvalue weighted by Gasteiger charge is 2.30. The van der Waals surface area contributed by atoms with E-state index in [0.29, 0.717) is 22.7 Å².